The summed E-state index contributed by atoms with van der Waals surface area (Å²) in [6.45, 7) is 1.73. The summed E-state index contributed by atoms with van der Waals surface area (Å²) in [5, 5.41) is 0. The minimum atomic E-state index is -0.864. The molecule has 2 N–H and O–H groups in total. The Hall–Kier alpha value is -1.81. The third-order valence-corrected chi connectivity index (χ3v) is 2.80. The normalized spacial score (nSPS) is 14.2. The number of nitrogens with two attached hydrogens (primary N) is 1. The van der Waals surface area contributed by atoms with Crippen LogP contribution in [0.1, 0.15) is 18.2 Å². The highest BCUT2D eigenvalue weighted by atomic mass is 19.1. The molecule has 1 aromatic carbocycles. The Kier molecular flexibility index (Phi) is 3.39. The van der Waals surface area contributed by atoms with Crippen molar-refractivity contribution >= 4 is 0 Å². The third kappa shape index (κ3) is 2.90. The molecule has 2 aromatic rings. The lowest BCUT2D eigenvalue weighted by molar-refractivity contribution is 0.473. The number of hydrogen-bond donors (Lipinski definition) is 1. The fourth-order valence-corrected chi connectivity index (χ4v) is 1.86. The SMILES string of the molecule is CC(N)(Cc1ccccn1)c1cc(F)cc(F)c1. The van der Waals surface area contributed by atoms with Crippen molar-refractivity contribution in [1.29, 1.82) is 0 Å². The smallest absolute Gasteiger partial charge is 0.126 e. The van der Waals surface area contributed by atoms with E-state index in [0.717, 1.165) is 11.8 Å². The van der Waals surface area contributed by atoms with Crippen LogP contribution in [0.3, 0.4) is 0 Å². The summed E-state index contributed by atoms with van der Waals surface area (Å²) in [4.78, 5) is 4.17. The van der Waals surface area contributed by atoms with Crippen LogP contribution in [0.2, 0.25) is 0 Å². The Morgan fingerprint density at radius 1 is 1.17 bits per heavy atom. The van der Waals surface area contributed by atoms with E-state index < -0.39 is 17.2 Å². The number of hydrogen-bond acceptors (Lipinski definition) is 2. The molecule has 0 saturated carbocycles. The van der Waals surface area contributed by atoms with Gasteiger partial charge in [0.05, 0.1) is 0 Å². The zero-order chi connectivity index (χ0) is 13.2. The van der Waals surface area contributed by atoms with Crippen molar-refractivity contribution in [2.24, 2.45) is 5.73 Å². The molecule has 1 heterocycles. The zero-order valence-electron chi connectivity index (χ0n) is 10.0. The first-order valence-electron chi connectivity index (χ1n) is 5.63. The first-order valence-corrected chi connectivity index (χ1v) is 5.63. The first kappa shape index (κ1) is 12.6. The molecule has 18 heavy (non-hydrogen) atoms. The predicted molar refractivity (Wildman–Crippen MR) is 65.8 cm³/mol. The number of nitrogens with zero attached hydrogens (tertiary/aromatic N) is 1. The van der Waals surface area contributed by atoms with Crippen LogP contribution in [-0.2, 0) is 12.0 Å². The van der Waals surface area contributed by atoms with Crippen LogP contribution in [0, 0.1) is 11.6 Å². The van der Waals surface area contributed by atoms with Gasteiger partial charge in [-0.25, -0.2) is 8.78 Å². The Labute approximate surface area is 104 Å². The monoisotopic (exact) mass is 248 g/mol. The van der Waals surface area contributed by atoms with Crippen molar-refractivity contribution < 1.29 is 8.78 Å². The van der Waals surface area contributed by atoms with E-state index in [-0.39, 0.29) is 0 Å². The molecule has 0 aliphatic heterocycles. The van der Waals surface area contributed by atoms with E-state index in [9.17, 15) is 8.78 Å². The van der Waals surface area contributed by atoms with Gasteiger partial charge in [0, 0.05) is 29.9 Å². The molecule has 1 unspecified atom stereocenters. The van der Waals surface area contributed by atoms with Gasteiger partial charge in [-0.2, -0.15) is 0 Å². The van der Waals surface area contributed by atoms with E-state index in [0.29, 0.717) is 12.0 Å². The average Bonchev–Trinajstić information content (AvgIpc) is 2.28. The van der Waals surface area contributed by atoms with Gasteiger partial charge in [-0.05, 0) is 36.8 Å². The average molecular weight is 248 g/mol. The van der Waals surface area contributed by atoms with Gasteiger partial charge in [0.25, 0.3) is 0 Å². The fourth-order valence-electron chi connectivity index (χ4n) is 1.86. The summed E-state index contributed by atoms with van der Waals surface area (Å²) < 4.78 is 26.4. The molecular weight excluding hydrogens is 234 g/mol. The minimum absolute atomic E-state index is 0.413. The van der Waals surface area contributed by atoms with Crippen molar-refractivity contribution in [3.8, 4) is 0 Å². The highest BCUT2D eigenvalue weighted by Crippen LogP contribution is 2.23. The minimum Gasteiger partial charge on any atom is -0.321 e. The lowest BCUT2D eigenvalue weighted by Gasteiger charge is -2.25. The molecule has 0 radical (unpaired) electrons. The molecule has 0 fully saturated rings. The largest absolute Gasteiger partial charge is 0.321 e. The zero-order valence-corrected chi connectivity index (χ0v) is 10.0. The topological polar surface area (TPSA) is 38.9 Å². The van der Waals surface area contributed by atoms with E-state index in [1.165, 1.54) is 12.1 Å². The number of rotatable bonds is 3. The number of benzene rings is 1. The van der Waals surface area contributed by atoms with Crippen molar-refractivity contribution in [2.45, 2.75) is 18.9 Å². The summed E-state index contributed by atoms with van der Waals surface area (Å²) in [6.07, 6.45) is 2.08. The lowest BCUT2D eigenvalue weighted by atomic mass is 9.88. The van der Waals surface area contributed by atoms with Crippen molar-refractivity contribution in [3.05, 3.63) is 65.5 Å². The quantitative estimate of drug-likeness (QED) is 0.907. The van der Waals surface area contributed by atoms with Crippen LogP contribution in [0.25, 0.3) is 0 Å². The van der Waals surface area contributed by atoms with Gasteiger partial charge in [-0.1, -0.05) is 6.07 Å². The second-order valence-electron chi connectivity index (χ2n) is 4.57. The van der Waals surface area contributed by atoms with Crippen LogP contribution in [0.15, 0.2) is 42.6 Å². The van der Waals surface area contributed by atoms with Gasteiger partial charge in [0.1, 0.15) is 11.6 Å². The Morgan fingerprint density at radius 3 is 2.39 bits per heavy atom. The van der Waals surface area contributed by atoms with E-state index in [1.807, 2.05) is 12.1 Å². The Balaban J connectivity index is 2.30. The van der Waals surface area contributed by atoms with E-state index in [1.54, 1.807) is 19.2 Å². The summed E-state index contributed by atoms with van der Waals surface area (Å²) in [5.41, 5.74) is 6.48. The number of halogens is 2. The predicted octanol–water partition coefficient (Wildman–Crippen LogP) is 2.78. The van der Waals surface area contributed by atoms with E-state index in [4.69, 9.17) is 5.73 Å². The maximum atomic E-state index is 13.2. The molecule has 2 rings (SSSR count). The highest BCUT2D eigenvalue weighted by Gasteiger charge is 2.23. The van der Waals surface area contributed by atoms with Crippen molar-refractivity contribution in [1.82, 2.24) is 4.98 Å². The van der Waals surface area contributed by atoms with Crippen LogP contribution < -0.4 is 5.73 Å². The molecule has 0 aliphatic carbocycles. The van der Waals surface area contributed by atoms with Crippen LogP contribution in [0.4, 0.5) is 8.78 Å². The second-order valence-corrected chi connectivity index (χ2v) is 4.57. The van der Waals surface area contributed by atoms with Crippen LogP contribution in [-0.4, -0.2) is 4.98 Å². The van der Waals surface area contributed by atoms with Crippen molar-refractivity contribution in [2.75, 3.05) is 0 Å². The van der Waals surface area contributed by atoms with Crippen LogP contribution >= 0.6 is 0 Å². The number of pyridine rings is 1. The van der Waals surface area contributed by atoms with E-state index in [2.05, 4.69) is 4.98 Å². The first-order chi connectivity index (χ1) is 8.47. The molecule has 0 amide bonds. The summed E-state index contributed by atoms with van der Waals surface area (Å²) >= 11 is 0. The summed E-state index contributed by atoms with van der Waals surface area (Å²) in [7, 11) is 0. The second kappa shape index (κ2) is 4.82. The molecular formula is C14H14F2N2. The van der Waals surface area contributed by atoms with Gasteiger partial charge in [0.2, 0.25) is 0 Å². The Morgan fingerprint density at radius 2 is 1.83 bits per heavy atom. The fraction of sp³-hybridized carbons (Fsp3) is 0.214. The maximum absolute atomic E-state index is 13.2. The van der Waals surface area contributed by atoms with Crippen molar-refractivity contribution in [3.63, 3.8) is 0 Å². The van der Waals surface area contributed by atoms with Crippen LogP contribution in [0.5, 0.6) is 0 Å². The molecule has 4 heteroatoms. The van der Waals surface area contributed by atoms with Gasteiger partial charge in [-0.15, -0.1) is 0 Å². The number of aromatic nitrogens is 1. The Bertz CT molecular complexity index is 518. The standard InChI is InChI=1S/C14H14F2N2/c1-14(17,9-13-4-2-3-5-18-13)10-6-11(15)8-12(16)7-10/h2-8H,9,17H2,1H3. The van der Waals surface area contributed by atoms with Gasteiger partial charge < -0.3 is 5.73 Å². The maximum Gasteiger partial charge on any atom is 0.126 e. The van der Waals surface area contributed by atoms with E-state index >= 15 is 0 Å². The molecule has 1 atom stereocenters. The molecule has 0 aliphatic rings. The molecule has 1 aromatic heterocycles. The molecule has 94 valence electrons. The molecule has 0 bridgehead atoms. The summed E-state index contributed by atoms with van der Waals surface area (Å²) in [6, 6.07) is 8.84. The molecule has 0 spiro atoms. The highest BCUT2D eigenvalue weighted by molar-refractivity contribution is 5.27. The summed E-state index contributed by atoms with van der Waals surface area (Å²) in [5.74, 6) is -1.25. The lowest BCUT2D eigenvalue weighted by Crippen LogP contribution is -2.36. The van der Waals surface area contributed by atoms with Gasteiger partial charge >= 0.3 is 0 Å². The molecule has 0 saturated heterocycles. The van der Waals surface area contributed by atoms with Gasteiger partial charge in [0.15, 0.2) is 0 Å². The molecule has 2 nitrogen and oxygen atoms in total. The van der Waals surface area contributed by atoms with Gasteiger partial charge in [-0.3, -0.25) is 4.98 Å². The third-order valence-electron chi connectivity index (χ3n) is 2.80.